The molecule has 0 bridgehead atoms. The normalized spacial score (nSPS) is 24.4. The lowest BCUT2D eigenvalue weighted by molar-refractivity contribution is 0.121. The van der Waals surface area contributed by atoms with Crippen LogP contribution in [-0.4, -0.2) is 25.9 Å². The fraction of sp³-hybridized carbons (Fsp3) is 0.538. The van der Waals surface area contributed by atoms with Crippen molar-refractivity contribution in [3.63, 3.8) is 0 Å². The molecular formula is C13H19NO2. The van der Waals surface area contributed by atoms with Crippen molar-refractivity contribution >= 4 is 5.69 Å². The van der Waals surface area contributed by atoms with Gasteiger partial charge in [0.15, 0.2) is 0 Å². The zero-order valence-corrected chi connectivity index (χ0v) is 10.1. The van der Waals surface area contributed by atoms with Crippen LogP contribution in [0.15, 0.2) is 18.2 Å². The van der Waals surface area contributed by atoms with E-state index >= 15 is 0 Å². The van der Waals surface area contributed by atoms with Gasteiger partial charge in [0.1, 0.15) is 5.75 Å². The van der Waals surface area contributed by atoms with Crippen molar-refractivity contribution in [3.05, 3.63) is 23.8 Å². The van der Waals surface area contributed by atoms with Crippen LogP contribution in [0.4, 0.5) is 5.69 Å². The van der Waals surface area contributed by atoms with Gasteiger partial charge in [-0.3, -0.25) is 0 Å². The lowest BCUT2D eigenvalue weighted by Gasteiger charge is -2.19. The zero-order valence-electron chi connectivity index (χ0n) is 10.1. The van der Waals surface area contributed by atoms with Crippen LogP contribution < -0.4 is 10.1 Å². The maximum atomic E-state index is 5.54. The molecule has 0 aliphatic carbocycles. The molecule has 1 aliphatic rings. The highest BCUT2D eigenvalue weighted by Gasteiger charge is 2.24. The summed E-state index contributed by atoms with van der Waals surface area (Å²) >= 11 is 0. The first kappa shape index (κ1) is 11.3. The molecule has 88 valence electrons. The van der Waals surface area contributed by atoms with Crippen LogP contribution in [0.1, 0.15) is 18.9 Å². The van der Waals surface area contributed by atoms with Gasteiger partial charge < -0.3 is 14.8 Å². The molecule has 1 heterocycles. The molecule has 1 aromatic carbocycles. The molecule has 2 unspecified atom stereocenters. The second-order valence-corrected chi connectivity index (χ2v) is 4.32. The number of methoxy groups -OCH3 is 1. The minimum atomic E-state index is 0.269. The first-order chi connectivity index (χ1) is 7.70. The Bertz CT molecular complexity index is 365. The van der Waals surface area contributed by atoms with E-state index in [-0.39, 0.29) is 6.10 Å². The van der Waals surface area contributed by atoms with E-state index in [0.717, 1.165) is 24.5 Å². The molecule has 1 saturated heterocycles. The molecule has 3 nitrogen and oxygen atoms in total. The number of nitrogens with one attached hydrogen (secondary N) is 1. The molecule has 1 aromatic rings. The minimum Gasteiger partial charge on any atom is -0.495 e. The topological polar surface area (TPSA) is 30.5 Å². The van der Waals surface area contributed by atoms with Crippen LogP contribution in [0.2, 0.25) is 0 Å². The Kier molecular flexibility index (Phi) is 3.34. The molecule has 2 atom stereocenters. The van der Waals surface area contributed by atoms with Crippen molar-refractivity contribution in [3.8, 4) is 5.75 Å². The summed E-state index contributed by atoms with van der Waals surface area (Å²) in [6.07, 6.45) is 1.32. The minimum absolute atomic E-state index is 0.269. The van der Waals surface area contributed by atoms with E-state index in [2.05, 4.69) is 31.3 Å². The average molecular weight is 221 g/mol. The largest absolute Gasteiger partial charge is 0.495 e. The molecule has 0 radical (unpaired) electrons. The Morgan fingerprint density at radius 3 is 2.88 bits per heavy atom. The highest BCUT2D eigenvalue weighted by molar-refractivity contribution is 5.58. The lowest BCUT2D eigenvalue weighted by atomic mass is 10.1. The van der Waals surface area contributed by atoms with Crippen LogP contribution in [0.3, 0.4) is 0 Å². The van der Waals surface area contributed by atoms with E-state index in [1.165, 1.54) is 5.56 Å². The van der Waals surface area contributed by atoms with Crippen LogP contribution in [-0.2, 0) is 4.74 Å². The molecule has 1 N–H and O–H groups in total. The number of hydrogen-bond acceptors (Lipinski definition) is 3. The second kappa shape index (κ2) is 4.74. The van der Waals surface area contributed by atoms with Gasteiger partial charge in [0, 0.05) is 6.61 Å². The molecule has 1 aliphatic heterocycles. The van der Waals surface area contributed by atoms with Crippen molar-refractivity contribution in [2.45, 2.75) is 32.4 Å². The summed E-state index contributed by atoms with van der Waals surface area (Å²) in [6, 6.07) is 6.55. The standard InChI is InChI=1S/C13H19NO2/c1-9-4-5-13(15-3)12(8-9)14-11-6-7-16-10(11)2/h4-5,8,10-11,14H,6-7H2,1-3H3. The van der Waals surface area contributed by atoms with Gasteiger partial charge in [0.2, 0.25) is 0 Å². The highest BCUT2D eigenvalue weighted by Crippen LogP contribution is 2.28. The molecule has 2 rings (SSSR count). The molecular weight excluding hydrogens is 202 g/mol. The number of aryl methyl sites for hydroxylation is 1. The van der Waals surface area contributed by atoms with Crippen molar-refractivity contribution < 1.29 is 9.47 Å². The van der Waals surface area contributed by atoms with E-state index < -0.39 is 0 Å². The SMILES string of the molecule is COc1ccc(C)cc1NC1CCOC1C. The fourth-order valence-corrected chi connectivity index (χ4v) is 2.06. The highest BCUT2D eigenvalue weighted by atomic mass is 16.5. The van der Waals surface area contributed by atoms with E-state index in [1.54, 1.807) is 7.11 Å². The number of anilines is 1. The molecule has 0 aromatic heterocycles. The second-order valence-electron chi connectivity index (χ2n) is 4.32. The third kappa shape index (κ3) is 2.30. The molecule has 0 spiro atoms. The quantitative estimate of drug-likeness (QED) is 0.851. The predicted octanol–water partition coefficient (Wildman–Crippen LogP) is 2.59. The third-order valence-corrected chi connectivity index (χ3v) is 3.07. The maximum absolute atomic E-state index is 5.54. The molecule has 3 heteroatoms. The van der Waals surface area contributed by atoms with Crippen LogP contribution in [0.25, 0.3) is 0 Å². The summed E-state index contributed by atoms with van der Waals surface area (Å²) in [5, 5.41) is 3.50. The fourth-order valence-electron chi connectivity index (χ4n) is 2.06. The van der Waals surface area contributed by atoms with Crippen molar-refractivity contribution in [1.29, 1.82) is 0 Å². The lowest BCUT2D eigenvalue weighted by Crippen LogP contribution is -2.26. The van der Waals surface area contributed by atoms with Crippen molar-refractivity contribution in [2.75, 3.05) is 19.0 Å². The van der Waals surface area contributed by atoms with Gasteiger partial charge in [-0.25, -0.2) is 0 Å². The van der Waals surface area contributed by atoms with Gasteiger partial charge in [-0.2, -0.15) is 0 Å². The number of ether oxygens (including phenoxy) is 2. The summed E-state index contributed by atoms with van der Waals surface area (Å²) in [5.74, 6) is 0.893. The molecule has 0 amide bonds. The predicted molar refractivity (Wildman–Crippen MR) is 65.2 cm³/mol. The van der Waals surface area contributed by atoms with Gasteiger partial charge >= 0.3 is 0 Å². The Balaban J connectivity index is 2.16. The van der Waals surface area contributed by atoms with Crippen LogP contribution in [0, 0.1) is 6.92 Å². The third-order valence-electron chi connectivity index (χ3n) is 3.07. The van der Waals surface area contributed by atoms with E-state index in [0.29, 0.717) is 6.04 Å². The smallest absolute Gasteiger partial charge is 0.141 e. The van der Waals surface area contributed by atoms with Gasteiger partial charge in [-0.05, 0) is 38.0 Å². The molecule has 1 fully saturated rings. The van der Waals surface area contributed by atoms with E-state index in [4.69, 9.17) is 9.47 Å². The Morgan fingerprint density at radius 2 is 2.25 bits per heavy atom. The molecule has 16 heavy (non-hydrogen) atoms. The Labute approximate surface area is 96.8 Å². The summed E-state index contributed by atoms with van der Waals surface area (Å²) < 4.78 is 10.9. The number of hydrogen-bond donors (Lipinski definition) is 1. The summed E-state index contributed by atoms with van der Waals surface area (Å²) in [6.45, 7) is 5.03. The Hall–Kier alpha value is -1.22. The van der Waals surface area contributed by atoms with Gasteiger partial charge in [0.05, 0.1) is 24.9 Å². The van der Waals surface area contributed by atoms with Crippen molar-refractivity contribution in [1.82, 2.24) is 0 Å². The Morgan fingerprint density at radius 1 is 1.44 bits per heavy atom. The van der Waals surface area contributed by atoms with Crippen LogP contribution in [0.5, 0.6) is 5.75 Å². The zero-order chi connectivity index (χ0) is 11.5. The monoisotopic (exact) mass is 221 g/mol. The van der Waals surface area contributed by atoms with Gasteiger partial charge in [-0.1, -0.05) is 6.07 Å². The van der Waals surface area contributed by atoms with Gasteiger partial charge in [-0.15, -0.1) is 0 Å². The van der Waals surface area contributed by atoms with Crippen molar-refractivity contribution in [2.24, 2.45) is 0 Å². The summed E-state index contributed by atoms with van der Waals surface area (Å²) in [4.78, 5) is 0. The first-order valence-electron chi connectivity index (χ1n) is 5.73. The molecule has 0 saturated carbocycles. The number of rotatable bonds is 3. The summed E-state index contributed by atoms with van der Waals surface area (Å²) in [5.41, 5.74) is 2.29. The van der Waals surface area contributed by atoms with Gasteiger partial charge in [0.25, 0.3) is 0 Å². The van der Waals surface area contributed by atoms with E-state index in [1.807, 2.05) is 6.07 Å². The maximum Gasteiger partial charge on any atom is 0.141 e. The average Bonchev–Trinajstić information content (AvgIpc) is 2.65. The first-order valence-corrected chi connectivity index (χ1v) is 5.73. The number of benzene rings is 1. The van der Waals surface area contributed by atoms with E-state index in [9.17, 15) is 0 Å². The van der Waals surface area contributed by atoms with Crippen LogP contribution >= 0.6 is 0 Å². The summed E-state index contributed by atoms with van der Waals surface area (Å²) in [7, 11) is 1.70.